The number of amides is 4. The Labute approximate surface area is 214 Å². The summed E-state index contributed by atoms with van der Waals surface area (Å²) in [4.78, 5) is 53.7. The number of nitrogens with one attached hydrogen (secondary N) is 3. The number of hydrogen-bond acceptors (Lipinski definition) is 7. The van der Waals surface area contributed by atoms with E-state index in [1.807, 2.05) is 0 Å². The highest BCUT2D eigenvalue weighted by Gasteiger charge is 2.25. The lowest BCUT2D eigenvalue weighted by Crippen LogP contribution is -2.38. The van der Waals surface area contributed by atoms with Gasteiger partial charge in [-0.05, 0) is 23.3 Å². The fourth-order valence-corrected chi connectivity index (χ4v) is 3.90. The Balaban J connectivity index is 1.39. The minimum atomic E-state index is -1.18. The molecule has 1 aliphatic rings. The van der Waals surface area contributed by atoms with E-state index in [4.69, 9.17) is 10.5 Å². The van der Waals surface area contributed by atoms with Crippen LogP contribution in [0.4, 0.5) is 10.1 Å². The zero-order chi connectivity index (χ0) is 26.8. The first kappa shape index (κ1) is 24.4. The van der Waals surface area contributed by atoms with Gasteiger partial charge in [0.05, 0.1) is 11.9 Å². The Morgan fingerprint density at radius 1 is 1.13 bits per heavy atom. The molecule has 4 amide bonds. The molecule has 0 saturated carbocycles. The number of fused-ring (bicyclic) bond motifs is 2. The fraction of sp³-hybridized carbons (Fsp3) is 0.120. The minimum absolute atomic E-state index is 0.0376. The van der Waals surface area contributed by atoms with E-state index in [1.165, 1.54) is 0 Å². The molecule has 5 N–H and O–H groups in total. The van der Waals surface area contributed by atoms with Crippen LogP contribution in [0.5, 0.6) is 5.75 Å². The highest BCUT2D eigenvalue weighted by molar-refractivity contribution is 6.00. The van der Waals surface area contributed by atoms with Crippen LogP contribution in [0.25, 0.3) is 5.65 Å². The summed E-state index contributed by atoms with van der Waals surface area (Å²) >= 11 is 0. The molecule has 2 aromatic carbocycles. The van der Waals surface area contributed by atoms with E-state index in [1.54, 1.807) is 48.5 Å². The van der Waals surface area contributed by atoms with E-state index < -0.39 is 29.6 Å². The fourth-order valence-electron chi connectivity index (χ4n) is 3.90. The van der Waals surface area contributed by atoms with E-state index in [0.717, 1.165) is 16.8 Å². The number of nitrogens with two attached hydrogens (primary N) is 1. The number of nitrogens with zero attached hydrogens (tertiary/aromatic N) is 3. The maximum absolute atomic E-state index is 14.4. The number of aromatic nitrogens is 3. The molecule has 5 rings (SSSR count). The van der Waals surface area contributed by atoms with Gasteiger partial charge in [0.15, 0.2) is 18.1 Å². The van der Waals surface area contributed by atoms with Gasteiger partial charge in [-0.25, -0.2) is 13.9 Å². The molecular formula is C25H20FN7O5. The maximum atomic E-state index is 14.4. The monoisotopic (exact) mass is 517 g/mol. The van der Waals surface area contributed by atoms with Gasteiger partial charge in [-0.15, -0.1) is 0 Å². The number of primary amides is 1. The summed E-state index contributed by atoms with van der Waals surface area (Å²) in [6.07, 6.45) is 0.854. The van der Waals surface area contributed by atoms with Gasteiger partial charge < -0.3 is 26.4 Å². The van der Waals surface area contributed by atoms with Crippen molar-refractivity contribution >= 4 is 35.0 Å². The van der Waals surface area contributed by atoms with Gasteiger partial charge in [0.25, 0.3) is 17.7 Å². The van der Waals surface area contributed by atoms with Crippen LogP contribution in [0.2, 0.25) is 0 Å². The van der Waals surface area contributed by atoms with Crippen molar-refractivity contribution in [3.63, 3.8) is 0 Å². The first-order valence-corrected chi connectivity index (χ1v) is 11.3. The molecule has 0 radical (unpaired) electrons. The van der Waals surface area contributed by atoms with Crippen molar-refractivity contribution in [3.8, 4) is 5.75 Å². The van der Waals surface area contributed by atoms with Crippen molar-refractivity contribution in [2.75, 3.05) is 11.9 Å². The van der Waals surface area contributed by atoms with E-state index in [9.17, 15) is 23.6 Å². The number of rotatable bonds is 7. The van der Waals surface area contributed by atoms with Crippen LogP contribution in [0, 0.1) is 5.82 Å². The Hall–Kier alpha value is -5.33. The lowest BCUT2D eigenvalue weighted by atomic mass is 10.1. The van der Waals surface area contributed by atoms with Gasteiger partial charge in [-0.3, -0.25) is 19.2 Å². The van der Waals surface area contributed by atoms with Gasteiger partial charge in [0.1, 0.15) is 23.2 Å². The second kappa shape index (κ2) is 9.97. The number of hydrogen-bond donors (Lipinski definition) is 4. The molecule has 3 heterocycles. The molecule has 192 valence electrons. The third kappa shape index (κ3) is 4.84. The third-order valence-corrected chi connectivity index (χ3v) is 5.72. The average molecular weight is 517 g/mol. The summed E-state index contributed by atoms with van der Waals surface area (Å²) in [7, 11) is 0. The molecule has 0 spiro atoms. The van der Waals surface area contributed by atoms with Crippen molar-refractivity contribution < 1.29 is 28.3 Å². The predicted molar refractivity (Wildman–Crippen MR) is 131 cm³/mol. The smallest absolute Gasteiger partial charge is 0.271 e. The third-order valence-electron chi connectivity index (χ3n) is 5.72. The zero-order valence-electron chi connectivity index (χ0n) is 19.6. The van der Waals surface area contributed by atoms with Crippen LogP contribution in [0.15, 0.2) is 60.8 Å². The number of ether oxygens (including phenoxy) is 1. The molecular weight excluding hydrogens is 497 g/mol. The predicted octanol–water partition coefficient (Wildman–Crippen LogP) is 1.09. The molecule has 0 fully saturated rings. The van der Waals surface area contributed by atoms with Crippen LogP contribution in [-0.4, -0.2) is 44.8 Å². The Bertz CT molecular complexity index is 1590. The van der Waals surface area contributed by atoms with Gasteiger partial charge in [-0.2, -0.15) is 5.10 Å². The first-order valence-electron chi connectivity index (χ1n) is 11.3. The van der Waals surface area contributed by atoms with E-state index in [-0.39, 0.29) is 36.1 Å². The maximum Gasteiger partial charge on any atom is 0.271 e. The summed E-state index contributed by atoms with van der Waals surface area (Å²) in [5, 5.41) is 11.7. The minimum Gasteiger partial charge on any atom is -0.482 e. The molecule has 4 aromatic rings. The molecule has 1 atom stereocenters. The van der Waals surface area contributed by atoms with E-state index in [2.05, 4.69) is 26.0 Å². The van der Waals surface area contributed by atoms with Crippen LogP contribution < -0.4 is 26.4 Å². The number of benzene rings is 2. The summed E-state index contributed by atoms with van der Waals surface area (Å²) in [5.41, 5.74) is 6.19. The molecule has 13 heteroatoms. The highest BCUT2D eigenvalue weighted by atomic mass is 19.1. The molecule has 0 aliphatic carbocycles. The Kier molecular flexibility index (Phi) is 6.39. The van der Waals surface area contributed by atoms with Crippen molar-refractivity contribution in [1.82, 2.24) is 25.2 Å². The van der Waals surface area contributed by atoms with Gasteiger partial charge >= 0.3 is 0 Å². The zero-order valence-corrected chi connectivity index (χ0v) is 19.6. The van der Waals surface area contributed by atoms with Crippen molar-refractivity contribution in [1.29, 1.82) is 0 Å². The van der Waals surface area contributed by atoms with Gasteiger partial charge in [0, 0.05) is 12.6 Å². The van der Waals surface area contributed by atoms with Crippen LogP contribution in [0.3, 0.4) is 0 Å². The topological polar surface area (TPSA) is 170 Å². The van der Waals surface area contributed by atoms with Gasteiger partial charge in [-0.1, -0.05) is 36.4 Å². The summed E-state index contributed by atoms with van der Waals surface area (Å²) in [6.45, 7) is -0.0420. The van der Waals surface area contributed by atoms with Crippen molar-refractivity contribution in [2.24, 2.45) is 5.73 Å². The van der Waals surface area contributed by atoms with E-state index >= 15 is 0 Å². The lowest BCUT2D eigenvalue weighted by molar-refractivity contribution is -0.120. The highest BCUT2D eigenvalue weighted by Crippen LogP contribution is 2.28. The largest absolute Gasteiger partial charge is 0.482 e. The second-order valence-electron chi connectivity index (χ2n) is 8.32. The standard InChI is InChI=1S/C25H20FN7O5/c26-15-11-29-33-18(25(37)32-21(22(27)35)14-4-2-1-3-5-14)9-17(31-23(15)33)24(36)28-10-13-6-7-19-16(8-13)30-20(34)12-38-19/h1-9,11,21H,10,12H2,(H2,27,35)(H,28,36)(H,30,34)(H,32,37)/t21-/m1/s1. The molecule has 1 aliphatic heterocycles. The molecule has 12 nitrogen and oxygen atoms in total. The average Bonchev–Trinajstić information content (AvgIpc) is 3.30. The van der Waals surface area contributed by atoms with Crippen molar-refractivity contribution in [2.45, 2.75) is 12.6 Å². The second-order valence-corrected chi connectivity index (χ2v) is 8.32. The molecule has 38 heavy (non-hydrogen) atoms. The quantitative estimate of drug-likeness (QED) is 0.284. The summed E-state index contributed by atoms with van der Waals surface area (Å²) in [5.74, 6) is -2.99. The summed E-state index contributed by atoms with van der Waals surface area (Å²) in [6, 6.07) is 13.3. The number of carbonyl (C=O) groups is 4. The van der Waals surface area contributed by atoms with Crippen molar-refractivity contribution in [3.05, 3.63) is 89.1 Å². The van der Waals surface area contributed by atoms with Crippen LogP contribution >= 0.6 is 0 Å². The normalized spacial score (nSPS) is 13.1. The summed E-state index contributed by atoms with van der Waals surface area (Å²) < 4.78 is 20.6. The molecule has 0 saturated heterocycles. The van der Waals surface area contributed by atoms with Crippen LogP contribution in [0.1, 0.15) is 38.1 Å². The number of anilines is 1. The molecule has 0 unspecified atom stereocenters. The molecule has 2 aromatic heterocycles. The van der Waals surface area contributed by atoms with Crippen LogP contribution in [-0.2, 0) is 16.1 Å². The SMILES string of the molecule is NC(=O)[C@H](NC(=O)c1cc(C(=O)NCc2ccc3c(c2)NC(=O)CO3)nc2c(F)cnn12)c1ccccc1. The first-order chi connectivity index (χ1) is 18.3. The number of carbonyl (C=O) groups excluding carboxylic acids is 4. The lowest BCUT2D eigenvalue weighted by Gasteiger charge is -2.18. The molecule has 0 bridgehead atoms. The Morgan fingerprint density at radius 2 is 1.92 bits per heavy atom. The van der Waals surface area contributed by atoms with Gasteiger partial charge in [0.2, 0.25) is 5.91 Å². The number of halogens is 1. The Morgan fingerprint density at radius 3 is 2.68 bits per heavy atom. The van der Waals surface area contributed by atoms with E-state index in [0.29, 0.717) is 22.6 Å².